The van der Waals surface area contributed by atoms with Crippen molar-refractivity contribution in [3.8, 4) is 11.3 Å². The molecule has 0 radical (unpaired) electrons. The van der Waals surface area contributed by atoms with Gasteiger partial charge < -0.3 is 9.73 Å². The summed E-state index contributed by atoms with van der Waals surface area (Å²) in [7, 11) is 0. The van der Waals surface area contributed by atoms with E-state index in [1.165, 1.54) is 11.1 Å². The molecular weight excluding hydrogens is 248 g/mol. The van der Waals surface area contributed by atoms with Gasteiger partial charge in [-0.05, 0) is 38.9 Å². The number of benzene rings is 1. The second-order valence-electron chi connectivity index (χ2n) is 5.71. The molecule has 1 aromatic carbocycles. The van der Waals surface area contributed by atoms with E-state index in [1.54, 1.807) is 0 Å². The van der Waals surface area contributed by atoms with E-state index in [0.29, 0.717) is 6.04 Å². The Morgan fingerprint density at radius 1 is 1.15 bits per heavy atom. The Morgan fingerprint density at radius 3 is 2.50 bits per heavy atom. The van der Waals surface area contributed by atoms with Gasteiger partial charge in [-0.15, -0.1) is 0 Å². The number of hydrogen-bond acceptors (Lipinski definition) is 3. The van der Waals surface area contributed by atoms with Gasteiger partial charge in [-0.1, -0.05) is 31.0 Å². The van der Waals surface area contributed by atoms with Crippen LogP contribution in [0.3, 0.4) is 0 Å². The minimum atomic E-state index is 0.533. The number of aromatic nitrogens is 1. The van der Waals surface area contributed by atoms with Gasteiger partial charge in [-0.2, -0.15) is 0 Å². The Kier molecular flexibility index (Phi) is 4.96. The highest BCUT2D eigenvalue weighted by Gasteiger charge is 2.07. The first kappa shape index (κ1) is 14.8. The van der Waals surface area contributed by atoms with Crippen molar-refractivity contribution in [1.29, 1.82) is 0 Å². The first-order valence-electron chi connectivity index (χ1n) is 7.31. The quantitative estimate of drug-likeness (QED) is 0.811. The molecule has 2 rings (SSSR count). The lowest BCUT2D eigenvalue weighted by Gasteiger charge is -2.06. The molecule has 0 saturated heterocycles. The zero-order valence-electron chi connectivity index (χ0n) is 12.9. The SMILES string of the molecule is Cc1cc(C)cc(-c2cnc(CCCNC(C)C)o2)c1. The molecule has 1 aromatic heterocycles. The molecule has 0 fully saturated rings. The van der Waals surface area contributed by atoms with Crippen LogP contribution in [0.5, 0.6) is 0 Å². The summed E-state index contributed by atoms with van der Waals surface area (Å²) in [6.45, 7) is 9.52. The second-order valence-corrected chi connectivity index (χ2v) is 5.71. The average Bonchev–Trinajstić information content (AvgIpc) is 2.82. The molecule has 0 aliphatic carbocycles. The molecule has 3 heteroatoms. The van der Waals surface area contributed by atoms with Crippen LogP contribution >= 0.6 is 0 Å². The van der Waals surface area contributed by atoms with Crippen LogP contribution in [0.25, 0.3) is 11.3 Å². The van der Waals surface area contributed by atoms with E-state index in [9.17, 15) is 0 Å². The van der Waals surface area contributed by atoms with E-state index in [2.05, 4.69) is 56.2 Å². The van der Waals surface area contributed by atoms with Gasteiger partial charge >= 0.3 is 0 Å². The van der Waals surface area contributed by atoms with Gasteiger partial charge in [0.15, 0.2) is 11.7 Å². The Hall–Kier alpha value is -1.61. The van der Waals surface area contributed by atoms with E-state index in [4.69, 9.17) is 4.42 Å². The topological polar surface area (TPSA) is 38.1 Å². The standard InChI is InChI=1S/C17H24N2O/c1-12(2)18-7-5-6-17-19-11-16(20-17)15-9-13(3)8-14(4)10-15/h8-12,18H,5-7H2,1-4H3. The second kappa shape index (κ2) is 6.71. The Balaban J connectivity index is 1.98. The zero-order chi connectivity index (χ0) is 14.5. The lowest BCUT2D eigenvalue weighted by molar-refractivity contribution is 0.484. The van der Waals surface area contributed by atoms with Crippen molar-refractivity contribution >= 4 is 0 Å². The fraction of sp³-hybridized carbons (Fsp3) is 0.471. The molecule has 20 heavy (non-hydrogen) atoms. The highest BCUT2D eigenvalue weighted by Crippen LogP contribution is 2.23. The van der Waals surface area contributed by atoms with Crippen molar-refractivity contribution in [2.75, 3.05) is 6.54 Å². The largest absolute Gasteiger partial charge is 0.441 e. The predicted molar refractivity (Wildman–Crippen MR) is 82.9 cm³/mol. The summed E-state index contributed by atoms with van der Waals surface area (Å²) < 4.78 is 5.85. The van der Waals surface area contributed by atoms with Crippen LogP contribution in [0.2, 0.25) is 0 Å². The molecule has 0 atom stereocenters. The fourth-order valence-electron chi connectivity index (χ4n) is 2.31. The Bertz CT molecular complexity index is 538. The van der Waals surface area contributed by atoms with E-state index in [1.807, 2.05) is 6.20 Å². The lowest BCUT2D eigenvalue weighted by atomic mass is 10.1. The van der Waals surface area contributed by atoms with Crippen LogP contribution in [0, 0.1) is 13.8 Å². The predicted octanol–water partition coefficient (Wildman–Crippen LogP) is 3.89. The highest BCUT2D eigenvalue weighted by molar-refractivity contribution is 5.58. The van der Waals surface area contributed by atoms with Crippen LogP contribution in [0.1, 0.15) is 37.3 Å². The van der Waals surface area contributed by atoms with Crippen molar-refractivity contribution in [1.82, 2.24) is 10.3 Å². The number of oxazole rings is 1. The van der Waals surface area contributed by atoms with Crippen molar-refractivity contribution in [3.63, 3.8) is 0 Å². The third kappa shape index (κ3) is 4.20. The lowest BCUT2D eigenvalue weighted by Crippen LogP contribution is -2.23. The minimum Gasteiger partial charge on any atom is -0.441 e. The molecule has 0 aliphatic rings. The normalized spacial score (nSPS) is 11.2. The van der Waals surface area contributed by atoms with Crippen molar-refractivity contribution in [2.24, 2.45) is 0 Å². The van der Waals surface area contributed by atoms with Crippen LogP contribution in [0.15, 0.2) is 28.8 Å². The molecule has 0 saturated carbocycles. The molecule has 1 heterocycles. The average molecular weight is 272 g/mol. The van der Waals surface area contributed by atoms with Crippen LogP contribution in [-0.2, 0) is 6.42 Å². The van der Waals surface area contributed by atoms with Crippen molar-refractivity contribution in [3.05, 3.63) is 41.4 Å². The number of rotatable bonds is 6. The van der Waals surface area contributed by atoms with Gasteiger partial charge in [0.05, 0.1) is 6.20 Å². The molecule has 3 nitrogen and oxygen atoms in total. The molecule has 0 aliphatic heterocycles. The summed E-state index contributed by atoms with van der Waals surface area (Å²) >= 11 is 0. The monoisotopic (exact) mass is 272 g/mol. The third-order valence-electron chi connectivity index (χ3n) is 3.18. The summed E-state index contributed by atoms with van der Waals surface area (Å²) in [5.74, 6) is 1.69. The van der Waals surface area contributed by atoms with Gasteiger partial charge in [-0.25, -0.2) is 4.98 Å². The van der Waals surface area contributed by atoms with Gasteiger partial charge in [0.1, 0.15) is 0 Å². The number of nitrogens with one attached hydrogen (secondary N) is 1. The van der Waals surface area contributed by atoms with Gasteiger partial charge in [0, 0.05) is 18.0 Å². The fourth-order valence-corrected chi connectivity index (χ4v) is 2.31. The van der Waals surface area contributed by atoms with Crippen LogP contribution in [-0.4, -0.2) is 17.6 Å². The van der Waals surface area contributed by atoms with E-state index < -0.39 is 0 Å². The number of hydrogen-bond donors (Lipinski definition) is 1. The van der Waals surface area contributed by atoms with Crippen LogP contribution < -0.4 is 5.32 Å². The molecule has 0 bridgehead atoms. The molecule has 0 unspecified atom stereocenters. The number of aryl methyl sites for hydroxylation is 3. The maximum absolute atomic E-state index is 5.85. The Morgan fingerprint density at radius 2 is 1.85 bits per heavy atom. The maximum Gasteiger partial charge on any atom is 0.194 e. The highest BCUT2D eigenvalue weighted by atomic mass is 16.4. The molecule has 108 valence electrons. The smallest absolute Gasteiger partial charge is 0.194 e. The first-order valence-corrected chi connectivity index (χ1v) is 7.31. The Labute approximate surface area is 121 Å². The van der Waals surface area contributed by atoms with Gasteiger partial charge in [0.25, 0.3) is 0 Å². The molecular formula is C17H24N2O. The summed E-state index contributed by atoms with van der Waals surface area (Å²) in [6.07, 6.45) is 3.76. The molecule has 2 aromatic rings. The zero-order valence-corrected chi connectivity index (χ0v) is 12.9. The summed E-state index contributed by atoms with van der Waals surface area (Å²) in [5.41, 5.74) is 3.61. The van der Waals surface area contributed by atoms with Crippen molar-refractivity contribution in [2.45, 2.75) is 46.6 Å². The van der Waals surface area contributed by atoms with Crippen molar-refractivity contribution < 1.29 is 4.42 Å². The summed E-state index contributed by atoms with van der Waals surface area (Å²) in [5, 5.41) is 3.40. The van der Waals surface area contributed by atoms with E-state index in [-0.39, 0.29) is 0 Å². The van der Waals surface area contributed by atoms with Crippen LogP contribution in [0.4, 0.5) is 0 Å². The molecule has 0 spiro atoms. The maximum atomic E-state index is 5.85. The summed E-state index contributed by atoms with van der Waals surface area (Å²) in [4.78, 5) is 4.37. The third-order valence-corrected chi connectivity index (χ3v) is 3.18. The number of nitrogens with zero attached hydrogens (tertiary/aromatic N) is 1. The first-order chi connectivity index (χ1) is 9.54. The molecule has 1 N–H and O–H groups in total. The van der Waals surface area contributed by atoms with E-state index >= 15 is 0 Å². The van der Waals surface area contributed by atoms with Gasteiger partial charge in [0.2, 0.25) is 0 Å². The minimum absolute atomic E-state index is 0.533. The van der Waals surface area contributed by atoms with Gasteiger partial charge in [-0.3, -0.25) is 0 Å². The van der Waals surface area contributed by atoms with E-state index in [0.717, 1.165) is 36.6 Å². The summed E-state index contributed by atoms with van der Waals surface area (Å²) in [6, 6.07) is 6.97. The molecule has 0 amide bonds.